The minimum atomic E-state index is 0.180. The van der Waals surface area contributed by atoms with E-state index < -0.39 is 0 Å². The lowest BCUT2D eigenvalue weighted by Gasteiger charge is -2.35. The summed E-state index contributed by atoms with van der Waals surface area (Å²) in [5.74, 6) is 0.420. The van der Waals surface area contributed by atoms with Crippen LogP contribution in [-0.4, -0.2) is 30.4 Å². The van der Waals surface area contributed by atoms with E-state index >= 15 is 0 Å². The molecule has 1 saturated heterocycles. The van der Waals surface area contributed by atoms with Crippen LogP contribution >= 0.6 is 11.6 Å². The van der Waals surface area contributed by atoms with Gasteiger partial charge in [-0.1, -0.05) is 37.1 Å². The largest absolute Gasteiger partial charge is 0.356 e. The van der Waals surface area contributed by atoms with E-state index in [2.05, 4.69) is 30.1 Å². The summed E-state index contributed by atoms with van der Waals surface area (Å²) < 4.78 is 0. The summed E-state index contributed by atoms with van der Waals surface area (Å²) >= 11 is 6.08. The van der Waals surface area contributed by atoms with Crippen LogP contribution in [0, 0.1) is 5.92 Å². The van der Waals surface area contributed by atoms with E-state index in [4.69, 9.17) is 11.6 Å². The molecule has 122 valence electrons. The highest BCUT2D eigenvalue weighted by Crippen LogP contribution is 2.27. The van der Waals surface area contributed by atoms with E-state index in [1.807, 2.05) is 18.2 Å². The zero-order valence-corrected chi connectivity index (χ0v) is 14.4. The number of carbonyl (C=O) groups excluding carboxylic acids is 1. The fraction of sp³-hybridized carbons (Fsp3) is 0.611. The van der Waals surface area contributed by atoms with Crippen molar-refractivity contribution in [2.75, 3.05) is 19.6 Å². The first-order valence-corrected chi connectivity index (χ1v) is 8.76. The lowest BCUT2D eigenvalue weighted by atomic mass is 9.94. The molecule has 22 heavy (non-hydrogen) atoms. The van der Waals surface area contributed by atoms with Crippen molar-refractivity contribution in [3.8, 4) is 0 Å². The maximum atomic E-state index is 12.1. The number of rotatable bonds is 6. The lowest BCUT2D eigenvalue weighted by molar-refractivity contribution is -0.126. The molecule has 0 saturated carbocycles. The molecule has 1 fully saturated rings. The summed E-state index contributed by atoms with van der Waals surface area (Å²) in [5.41, 5.74) is 1.25. The van der Waals surface area contributed by atoms with E-state index in [9.17, 15) is 4.79 Å². The molecule has 0 aromatic heterocycles. The third kappa shape index (κ3) is 4.72. The van der Waals surface area contributed by atoms with Gasteiger partial charge in [0.05, 0.1) is 0 Å². The highest BCUT2D eigenvalue weighted by Gasteiger charge is 2.27. The second-order valence-electron chi connectivity index (χ2n) is 6.19. The van der Waals surface area contributed by atoms with E-state index in [0.29, 0.717) is 6.04 Å². The van der Waals surface area contributed by atoms with Gasteiger partial charge in [-0.25, -0.2) is 0 Å². The number of nitrogens with one attached hydrogen (secondary N) is 1. The van der Waals surface area contributed by atoms with Crippen molar-refractivity contribution in [3.05, 3.63) is 34.9 Å². The molecule has 1 heterocycles. The SMILES string of the molecule is CCCCNC(=O)C1CCN([C@@H](C)c2cccc(Cl)c2)CC1. The molecule has 2 rings (SSSR count). The smallest absolute Gasteiger partial charge is 0.223 e. The first-order chi connectivity index (χ1) is 10.6. The Bertz CT molecular complexity index is 484. The Balaban J connectivity index is 1.82. The van der Waals surface area contributed by atoms with Gasteiger partial charge in [-0.3, -0.25) is 9.69 Å². The number of benzene rings is 1. The number of likely N-dealkylation sites (tertiary alicyclic amines) is 1. The molecule has 4 heteroatoms. The molecule has 1 atom stereocenters. The summed E-state index contributed by atoms with van der Waals surface area (Å²) in [6.45, 7) is 7.11. The standard InChI is InChI=1S/C18H27ClN2O/c1-3-4-10-20-18(22)15-8-11-21(12-9-15)14(2)16-6-5-7-17(19)13-16/h5-7,13-15H,3-4,8-12H2,1-2H3,(H,20,22)/t14-/m0/s1. The van der Waals surface area contributed by atoms with Gasteiger partial charge in [-0.2, -0.15) is 0 Å². The topological polar surface area (TPSA) is 32.3 Å². The van der Waals surface area contributed by atoms with Gasteiger partial charge >= 0.3 is 0 Å². The van der Waals surface area contributed by atoms with Gasteiger partial charge in [0, 0.05) is 23.5 Å². The van der Waals surface area contributed by atoms with Crippen LogP contribution < -0.4 is 5.32 Å². The molecule has 0 radical (unpaired) electrons. The Morgan fingerprint density at radius 2 is 2.14 bits per heavy atom. The normalized spacial score (nSPS) is 18.1. The summed E-state index contributed by atoms with van der Waals surface area (Å²) in [6.07, 6.45) is 4.08. The number of halogens is 1. The van der Waals surface area contributed by atoms with Crippen molar-refractivity contribution in [3.63, 3.8) is 0 Å². The minimum Gasteiger partial charge on any atom is -0.356 e. The molecule has 1 amide bonds. The van der Waals surface area contributed by atoms with Crippen molar-refractivity contribution in [2.45, 2.75) is 45.6 Å². The summed E-state index contributed by atoms with van der Waals surface area (Å²) in [7, 11) is 0. The minimum absolute atomic E-state index is 0.180. The third-order valence-electron chi connectivity index (χ3n) is 4.61. The summed E-state index contributed by atoms with van der Waals surface area (Å²) in [6, 6.07) is 8.42. The molecule has 0 bridgehead atoms. The van der Waals surface area contributed by atoms with Gasteiger partial charge in [0.15, 0.2) is 0 Å². The zero-order valence-electron chi connectivity index (χ0n) is 13.6. The molecule has 3 nitrogen and oxygen atoms in total. The first-order valence-electron chi connectivity index (χ1n) is 8.39. The van der Waals surface area contributed by atoms with Gasteiger partial charge in [-0.15, -0.1) is 0 Å². The molecule has 0 spiro atoms. The van der Waals surface area contributed by atoms with Crippen molar-refractivity contribution in [1.82, 2.24) is 10.2 Å². The van der Waals surface area contributed by atoms with Crippen LogP contribution in [0.3, 0.4) is 0 Å². The fourth-order valence-electron chi connectivity index (χ4n) is 3.06. The van der Waals surface area contributed by atoms with Crippen LogP contribution in [-0.2, 0) is 4.79 Å². The number of hydrogen-bond donors (Lipinski definition) is 1. The van der Waals surface area contributed by atoms with Gasteiger partial charge in [0.1, 0.15) is 0 Å². The average molecular weight is 323 g/mol. The molecule has 1 aromatic carbocycles. The summed E-state index contributed by atoms with van der Waals surface area (Å²) in [4.78, 5) is 14.6. The van der Waals surface area contributed by atoms with Crippen LogP contribution in [0.15, 0.2) is 24.3 Å². The zero-order chi connectivity index (χ0) is 15.9. The van der Waals surface area contributed by atoms with Gasteiger partial charge in [0.25, 0.3) is 0 Å². The van der Waals surface area contributed by atoms with E-state index in [0.717, 1.165) is 50.3 Å². The van der Waals surface area contributed by atoms with Crippen LogP contribution in [0.4, 0.5) is 0 Å². The van der Waals surface area contributed by atoms with Crippen molar-refractivity contribution in [1.29, 1.82) is 0 Å². The second kappa shape index (κ2) is 8.54. The first kappa shape index (κ1) is 17.3. The fourth-order valence-corrected chi connectivity index (χ4v) is 3.26. The maximum absolute atomic E-state index is 12.1. The van der Waals surface area contributed by atoms with Crippen LogP contribution in [0.1, 0.15) is 51.1 Å². The van der Waals surface area contributed by atoms with E-state index in [-0.39, 0.29) is 11.8 Å². The highest BCUT2D eigenvalue weighted by molar-refractivity contribution is 6.30. The summed E-state index contributed by atoms with van der Waals surface area (Å²) in [5, 5.41) is 3.85. The van der Waals surface area contributed by atoms with E-state index in [1.165, 1.54) is 5.56 Å². The molecule has 1 aliphatic heterocycles. The number of amides is 1. The molecule has 0 unspecified atom stereocenters. The molecule has 1 aliphatic rings. The van der Waals surface area contributed by atoms with Crippen LogP contribution in [0.25, 0.3) is 0 Å². The predicted octanol–water partition coefficient (Wildman–Crippen LogP) is 4.03. The Hall–Kier alpha value is -1.06. The van der Waals surface area contributed by atoms with Crippen molar-refractivity contribution in [2.24, 2.45) is 5.92 Å². The van der Waals surface area contributed by atoms with Gasteiger partial charge in [-0.05, 0) is 57.0 Å². The number of piperidine rings is 1. The Kier molecular flexibility index (Phi) is 6.71. The number of unbranched alkanes of at least 4 members (excludes halogenated alkanes) is 1. The molecular weight excluding hydrogens is 296 g/mol. The quantitative estimate of drug-likeness (QED) is 0.802. The van der Waals surface area contributed by atoms with Crippen LogP contribution in [0.5, 0.6) is 0 Å². The average Bonchev–Trinajstić information content (AvgIpc) is 2.54. The Morgan fingerprint density at radius 3 is 2.77 bits per heavy atom. The van der Waals surface area contributed by atoms with Gasteiger partial charge < -0.3 is 5.32 Å². The van der Waals surface area contributed by atoms with Crippen molar-refractivity contribution >= 4 is 17.5 Å². The number of carbonyl (C=O) groups is 1. The Morgan fingerprint density at radius 1 is 1.41 bits per heavy atom. The molecule has 1 aromatic rings. The lowest BCUT2D eigenvalue weighted by Crippen LogP contribution is -2.41. The molecular formula is C18H27ClN2O. The monoisotopic (exact) mass is 322 g/mol. The molecule has 0 aliphatic carbocycles. The predicted molar refractivity (Wildman–Crippen MR) is 92.1 cm³/mol. The van der Waals surface area contributed by atoms with Crippen molar-refractivity contribution < 1.29 is 4.79 Å². The number of nitrogens with zero attached hydrogens (tertiary/aromatic N) is 1. The highest BCUT2D eigenvalue weighted by atomic mass is 35.5. The maximum Gasteiger partial charge on any atom is 0.223 e. The van der Waals surface area contributed by atoms with E-state index in [1.54, 1.807) is 0 Å². The second-order valence-corrected chi connectivity index (χ2v) is 6.62. The van der Waals surface area contributed by atoms with Gasteiger partial charge in [0.2, 0.25) is 5.91 Å². The number of hydrogen-bond acceptors (Lipinski definition) is 2. The molecule has 1 N–H and O–H groups in total. The third-order valence-corrected chi connectivity index (χ3v) is 4.84. The van der Waals surface area contributed by atoms with Crippen LogP contribution in [0.2, 0.25) is 5.02 Å². The Labute approximate surface area is 139 Å².